The van der Waals surface area contributed by atoms with Crippen LogP contribution in [0.4, 0.5) is 19.0 Å². The fraction of sp³-hybridized carbons (Fsp3) is 0.381. The van der Waals surface area contributed by atoms with Crippen molar-refractivity contribution in [2.45, 2.75) is 32.2 Å². The Bertz CT molecular complexity index is 1130. The third-order valence-electron chi connectivity index (χ3n) is 5.90. The zero-order valence-electron chi connectivity index (χ0n) is 17.1. The topological polar surface area (TPSA) is 118 Å². The number of carbonyl (C=O) groups excluding carboxylic acids is 2. The summed E-state index contributed by atoms with van der Waals surface area (Å²) in [6.07, 6.45) is -3.30. The molecule has 11 heteroatoms. The second-order valence-corrected chi connectivity index (χ2v) is 8.15. The molecule has 0 atom stereocenters. The van der Waals surface area contributed by atoms with Crippen LogP contribution in [0.25, 0.3) is 11.3 Å². The highest BCUT2D eigenvalue weighted by Gasteiger charge is 2.56. The van der Waals surface area contributed by atoms with Crippen LogP contribution in [0.5, 0.6) is 5.75 Å². The van der Waals surface area contributed by atoms with E-state index >= 15 is 0 Å². The number of hydrogen-bond donors (Lipinski definition) is 3. The lowest BCUT2D eigenvalue weighted by atomic mass is 9.60. The molecular weight excluding hydrogens is 427 g/mol. The van der Waals surface area contributed by atoms with Gasteiger partial charge >= 0.3 is 12.2 Å². The lowest BCUT2D eigenvalue weighted by Gasteiger charge is -2.57. The van der Waals surface area contributed by atoms with E-state index in [2.05, 4.69) is 21.7 Å². The van der Waals surface area contributed by atoms with Gasteiger partial charge in [0.25, 0.3) is 11.8 Å². The first kappa shape index (κ1) is 21.5. The Morgan fingerprint density at radius 3 is 2.41 bits per heavy atom. The minimum Gasteiger partial charge on any atom is -0.406 e. The Kier molecular flexibility index (Phi) is 5.03. The summed E-state index contributed by atoms with van der Waals surface area (Å²) in [5.41, 5.74) is 12.6. The number of nitrogens with one attached hydrogen (secondary N) is 1. The van der Waals surface area contributed by atoms with Crippen molar-refractivity contribution in [2.24, 2.45) is 11.1 Å². The normalized spacial score (nSPS) is 17.2. The maximum absolute atomic E-state index is 12.4. The summed E-state index contributed by atoms with van der Waals surface area (Å²) < 4.78 is 42.7. The molecule has 2 aromatic rings. The van der Waals surface area contributed by atoms with E-state index in [-0.39, 0.29) is 34.5 Å². The van der Waals surface area contributed by atoms with Gasteiger partial charge in [0.15, 0.2) is 5.56 Å². The van der Waals surface area contributed by atoms with Crippen molar-refractivity contribution in [3.63, 3.8) is 0 Å². The van der Waals surface area contributed by atoms with E-state index < -0.39 is 12.3 Å². The summed E-state index contributed by atoms with van der Waals surface area (Å²) >= 11 is 0. The predicted octanol–water partition coefficient (Wildman–Crippen LogP) is 1.74. The number of rotatable bonds is 4. The van der Waals surface area contributed by atoms with Crippen LogP contribution in [-0.2, 0) is 4.79 Å². The van der Waals surface area contributed by atoms with E-state index in [1.54, 1.807) is 16.5 Å². The molecular formula is C21H21F3N5O3+. The smallest absolute Gasteiger partial charge is 0.406 e. The molecule has 4 rings (SSSR count). The van der Waals surface area contributed by atoms with Crippen LogP contribution in [0, 0.1) is 17.3 Å². The fourth-order valence-electron chi connectivity index (χ4n) is 4.53. The van der Waals surface area contributed by atoms with Crippen LogP contribution in [0.3, 0.4) is 0 Å². The number of nitrogens with two attached hydrogens (primary N) is 2. The Balaban J connectivity index is 1.53. The molecule has 0 radical (unpaired) electrons. The van der Waals surface area contributed by atoms with Gasteiger partial charge in [-0.3, -0.25) is 15.3 Å². The predicted molar refractivity (Wildman–Crippen MR) is 107 cm³/mol. The number of halogens is 3. The lowest BCUT2D eigenvalue weighted by Crippen LogP contribution is -2.67. The Morgan fingerprint density at radius 1 is 1.25 bits per heavy atom. The van der Waals surface area contributed by atoms with Gasteiger partial charge in [-0.2, -0.15) is 4.68 Å². The first-order chi connectivity index (χ1) is 15.0. The van der Waals surface area contributed by atoms with Gasteiger partial charge in [0.1, 0.15) is 17.5 Å². The zero-order chi connectivity index (χ0) is 23.3. The maximum Gasteiger partial charge on any atom is 0.573 e. The summed E-state index contributed by atoms with van der Waals surface area (Å²) in [5, 5.41) is 3.08. The van der Waals surface area contributed by atoms with Gasteiger partial charge in [0, 0.05) is 24.1 Å². The molecule has 2 amide bonds. The number of benzene rings is 1. The molecule has 2 fully saturated rings. The second kappa shape index (κ2) is 7.47. The van der Waals surface area contributed by atoms with Gasteiger partial charge in [-0.05, 0) is 50.0 Å². The summed E-state index contributed by atoms with van der Waals surface area (Å²) in [4.78, 5) is 25.6. The average molecular weight is 448 g/mol. The van der Waals surface area contributed by atoms with E-state index in [9.17, 15) is 22.8 Å². The van der Waals surface area contributed by atoms with E-state index in [1.807, 2.05) is 0 Å². The van der Waals surface area contributed by atoms with Crippen LogP contribution in [0.2, 0.25) is 0 Å². The van der Waals surface area contributed by atoms with Gasteiger partial charge in [-0.25, -0.2) is 5.10 Å². The van der Waals surface area contributed by atoms with E-state index in [0.717, 1.165) is 25.0 Å². The number of primary amides is 1. The lowest BCUT2D eigenvalue weighted by molar-refractivity contribution is -0.776. The van der Waals surface area contributed by atoms with Crippen LogP contribution in [0.15, 0.2) is 24.3 Å². The average Bonchev–Trinajstić information content (AvgIpc) is 2.96. The number of ether oxygens (including phenoxy) is 1. The van der Waals surface area contributed by atoms with Crippen molar-refractivity contribution in [3.8, 4) is 28.8 Å². The van der Waals surface area contributed by atoms with E-state index in [0.29, 0.717) is 24.3 Å². The molecule has 1 aromatic carbocycles. The van der Waals surface area contributed by atoms with Crippen LogP contribution in [-0.4, -0.2) is 41.3 Å². The fourth-order valence-corrected chi connectivity index (χ4v) is 4.53. The van der Waals surface area contributed by atoms with Crippen molar-refractivity contribution >= 4 is 17.6 Å². The molecule has 1 aliphatic heterocycles. The van der Waals surface area contributed by atoms with Crippen molar-refractivity contribution in [1.82, 2.24) is 10.00 Å². The molecule has 2 heterocycles. The summed E-state index contributed by atoms with van der Waals surface area (Å²) in [6, 6.07) is 5.04. The molecule has 1 saturated carbocycles. The molecule has 5 N–H and O–H groups in total. The van der Waals surface area contributed by atoms with Crippen molar-refractivity contribution in [3.05, 3.63) is 29.8 Å². The van der Waals surface area contributed by atoms with Crippen molar-refractivity contribution in [1.29, 1.82) is 0 Å². The Morgan fingerprint density at radius 2 is 1.88 bits per heavy atom. The maximum atomic E-state index is 12.4. The summed E-state index contributed by atoms with van der Waals surface area (Å²) in [5.74, 6) is 3.96. The summed E-state index contributed by atoms with van der Waals surface area (Å²) in [7, 11) is 0. The van der Waals surface area contributed by atoms with E-state index in [1.165, 1.54) is 12.1 Å². The molecule has 1 saturated heterocycles. The minimum absolute atomic E-state index is 0.00390. The van der Waals surface area contributed by atoms with Crippen LogP contribution < -0.4 is 20.9 Å². The molecule has 168 valence electrons. The molecule has 8 nitrogen and oxygen atoms in total. The zero-order valence-corrected chi connectivity index (χ0v) is 17.1. The molecule has 0 unspecified atom stereocenters. The third-order valence-corrected chi connectivity index (χ3v) is 5.90. The van der Waals surface area contributed by atoms with Gasteiger partial charge in [0.2, 0.25) is 0 Å². The Labute approximate surface area is 181 Å². The number of alkyl halides is 3. The highest BCUT2D eigenvalue weighted by Crippen LogP contribution is 2.52. The Hall–Kier alpha value is -3.68. The molecule has 0 bridgehead atoms. The van der Waals surface area contributed by atoms with Gasteiger partial charge in [-0.1, -0.05) is 5.92 Å². The van der Waals surface area contributed by atoms with Crippen molar-refractivity contribution < 1.29 is 32.2 Å². The number of likely N-dealkylation sites (tertiary alicyclic amines) is 1. The first-order valence-corrected chi connectivity index (χ1v) is 9.82. The monoisotopic (exact) mass is 448 g/mol. The van der Waals surface area contributed by atoms with E-state index in [4.69, 9.17) is 11.5 Å². The quantitative estimate of drug-likeness (QED) is 0.488. The van der Waals surface area contributed by atoms with Gasteiger partial charge in [-0.15, -0.1) is 13.2 Å². The second-order valence-electron chi connectivity index (χ2n) is 8.15. The largest absolute Gasteiger partial charge is 0.573 e. The third kappa shape index (κ3) is 3.84. The number of aromatic nitrogens is 2. The highest BCUT2D eigenvalue weighted by atomic mass is 19.4. The number of nitrogen functional groups attached to an aromatic ring is 1. The SMILES string of the molecule is CC#CC(=O)N1CC2(CC([n+]3[nH]c(-c4ccc(OC(F)(F)F)cc4)c(C(N)=O)c3N)C2)C1. The molecule has 1 aromatic heterocycles. The standard InChI is InChI=1S/C21H20F3N5O3/c1-2-3-15(30)28-10-20(11-28)8-13(9-20)29-18(25)16(19(26)31)17(27-29)12-4-6-14(7-5-12)32-21(22,23)24/h4-7,13H,8-11H2,1H3,(H4,25,26,27,31)/p+1. The van der Waals surface area contributed by atoms with Crippen LogP contribution in [0.1, 0.15) is 36.2 Å². The number of nitrogens with zero attached hydrogens (tertiary/aromatic N) is 2. The molecule has 1 spiro atoms. The number of hydrogen-bond acceptors (Lipinski definition) is 4. The minimum atomic E-state index is -4.80. The van der Waals surface area contributed by atoms with Crippen LogP contribution >= 0.6 is 0 Å². The number of carbonyl (C=O) groups is 2. The molecule has 32 heavy (non-hydrogen) atoms. The first-order valence-electron chi connectivity index (χ1n) is 9.82. The molecule has 2 aliphatic rings. The van der Waals surface area contributed by atoms with Crippen molar-refractivity contribution in [2.75, 3.05) is 18.8 Å². The molecule has 1 aliphatic carbocycles. The number of H-pyrrole nitrogens is 1. The highest BCUT2D eigenvalue weighted by molar-refractivity contribution is 6.02. The summed E-state index contributed by atoms with van der Waals surface area (Å²) in [6.45, 7) is 2.85. The van der Waals surface area contributed by atoms with Gasteiger partial charge in [0.05, 0.1) is 0 Å². The van der Waals surface area contributed by atoms with Gasteiger partial charge < -0.3 is 15.4 Å². The number of aromatic amines is 1. The number of anilines is 1. The number of amides is 2.